The highest BCUT2D eigenvalue weighted by Gasteiger charge is 2.39. The van der Waals surface area contributed by atoms with Gasteiger partial charge in [0.15, 0.2) is 0 Å². The van der Waals surface area contributed by atoms with Gasteiger partial charge in [-0.25, -0.2) is 4.99 Å². The minimum atomic E-state index is -0.114. The van der Waals surface area contributed by atoms with E-state index in [1.165, 1.54) is 0 Å². The third-order valence-corrected chi connectivity index (χ3v) is 4.89. The van der Waals surface area contributed by atoms with Crippen LogP contribution < -0.4 is 10.7 Å². The van der Waals surface area contributed by atoms with Crippen LogP contribution in [0.15, 0.2) is 47.2 Å². The summed E-state index contributed by atoms with van der Waals surface area (Å²) in [6.45, 7) is 2.04. The van der Waals surface area contributed by atoms with Crippen LogP contribution in [0.4, 0.5) is 0 Å². The number of allylic oxidation sites excluding steroid dienone is 1. The van der Waals surface area contributed by atoms with Crippen molar-refractivity contribution in [3.63, 3.8) is 0 Å². The highest BCUT2D eigenvalue weighted by molar-refractivity contribution is 5.77. The lowest BCUT2D eigenvalue weighted by Gasteiger charge is -2.40. The van der Waals surface area contributed by atoms with E-state index in [0.29, 0.717) is 6.42 Å². The molecule has 2 aromatic rings. The fraction of sp³-hybridized carbons (Fsp3) is 0.333. The van der Waals surface area contributed by atoms with E-state index in [1.807, 2.05) is 30.1 Å². The first-order valence-electron chi connectivity index (χ1n) is 7.84. The number of rotatable bonds is 3. The molecule has 1 saturated carbocycles. The Bertz CT molecular complexity index is 985. The molecule has 3 heterocycles. The van der Waals surface area contributed by atoms with Crippen molar-refractivity contribution in [3.05, 3.63) is 58.4 Å². The van der Waals surface area contributed by atoms with E-state index in [9.17, 15) is 0 Å². The Labute approximate surface area is 134 Å². The smallest absolute Gasteiger partial charge is 0.138 e. The number of hydrogen-bond donors (Lipinski definition) is 1. The molecule has 5 heteroatoms. The molecule has 5 nitrogen and oxygen atoms in total. The molecule has 0 spiro atoms. The van der Waals surface area contributed by atoms with Crippen molar-refractivity contribution in [2.75, 3.05) is 0 Å². The van der Waals surface area contributed by atoms with E-state index >= 15 is 0 Å². The van der Waals surface area contributed by atoms with Crippen molar-refractivity contribution in [1.82, 2.24) is 14.8 Å². The first-order chi connectivity index (χ1) is 11.2. The van der Waals surface area contributed by atoms with Crippen molar-refractivity contribution >= 4 is 5.57 Å². The molecule has 114 valence electrons. The number of hydrogen-bond acceptors (Lipinski definition) is 3. The molecule has 23 heavy (non-hydrogen) atoms. The summed E-state index contributed by atoms with van der Waals surface area (Å²) in [6.07, 6.45) is 11.3. The van der Waals surface area contributed by atoms with Gasteiger partial charge < -0.3 is 4.98 Å². The second-order valence-corrected chi connectivity index (χ2v) is 6.23. The molecule has 0 amide bonds. The molecular formula is C18H17N5. The Morgan fingerprint density at radius 3 is 3.09 bits per heavy atom. The summed E-state index contributed by atoms with van der Waals surface area (Å²) in [5, 5.41) is 14.8. The summed E-state index contributed by atoms with van der Waals surface area (Å²) in [4.78, 5) is 7.54. The van der Waals surface area contributed by atoms with Gasteiger partial charge in [-0.2, -0.15) is 10.4 Å². The van der Waals surface area contributed by atoms with E-state index in [2.05, 4.69) is 33.1 Å². The molecule has 1 N–H and O–H groups in total. The monoisotopic (exact) mass is 303 g/mol. The molecule has 1 aliphatic carbocycles. The van der Waals surface area contributed by atoms with Crippen LogP contribution in [0.5, 0.6) is 0 Å². The van der Waals surface area contributed by atoms with Crippen LogP contribution in [0.2, 0.25) is 0 Å². The summed E-state index contributed by atoms with van der Waals surface area (Å²) in [6, 6.07) is 4.35. The molecule has 0 bridgehead atoms. The summed E-state index contributed by atoms with van der Waals surface area (Å²) in [5.74, 6) is 0. The molecule has 0 unspecified atom stereocenters. The van der Waals surface area contributed by atoms with Crippen molar-refractivity contribution in [3.8, 4) is 6.07 Å². The SMILES string of the molecule is CC1=C=CN=c2[nH]ccc2=C1c1cnn(C2(CC#N)CCC2)c1. The van der Waals surface area contributed by atoms with Crippen LogP contribution in [0.1, 0.15) is 38.2 Å². The summed E-state index contributed by atoms with van der Waals surface area (Å²) in [7, 11) is 0. The Kier molecular flexibility index (Phi) is 3.07. The second-order valence-electron chi connectivity index (χ2n) is 6.23. The number of aromatic amines is 1. The van der Waals surface area contributed by atoms with Crippen LogP contribution in [-0.4, -0.2) is 14.8 Å². The van der Waals surface area contributed by atoms with Crippen LogP contribution in [0.25, 0.3) is 5.57 Å². The van der Waals surface area contributed by atoms with Crippen LogP contribution in [-0.2, 0) is 5.54 Å². The predicted molar refractivity (Wildman–Crippen MR) is 85.6 cm³/mol. The van der Waals surface area contributed by atoms with E-state index in [4.69, 9.17) is 5.26 Å². The first-order valence-corrected chi connectivity index (χ1v) is 7.84. The average molecular weight is 303 g/mol. The zero-order chi connectivity index (χ0) is 15.9. The second kappa shape index (κ2) is 5.12. The third-order valence-electron chi connectivity index (χ3n) is 4.89. The molecular weight excluding hydrogens is 286 g/mol. The van der Waals surface area contributed by atoms with Gasteiger partial charge in [0.25, 0.3) is 0 Å². The standard InChI is InChI=1S/C18H17N5/c1-13-3-9-20-17-15(4-10-21-17)16(13)14-11-22-23(12-14)18(7-8-19)5-2-6-18/h4,9-12H,2,5-7H2,1H3,(H,20,21). The molecule has 0 radical (unpaired) electrons. The molecule has 0 aromatic carbocycles. The molecule has 2 aliphatic rings. The zero-order valence-corrected chi connectivity index (χ0v) is 13.0. The summed E-state index contributed by atoms with van der Waals surface area (Å²) in [5.41, 5.74) is 7.11. The van der Waals surface area contributed by atoms with Gasteiger partial charge in [0.05, 0.1) is 30.4 Å². The van der Waals surface area contributed by atoms with Crippen LogP contribution in [0, 0.1) is 11.3 Å². The Hall–Kier alpha value is -2.83. The Balaban J connectivity index is 1.87. The quantitative estimate of drug-likeness (QED) is 0.880. The van der Waals surface area contributed by atoms with Crippen molar-refractivity contribution in [2.45, 2.75) is 38.1 Å². The van der Waals surface area contributed by atoms with Crippen molar-refractivity contribution in [2.24, 2.45) is 4.99 Å². The number of nitrogens with zero attached hydrogens (tertiary/aromatic N) is 4. The Morgan fingerprint density at radius 1 is 1.48 bits per heavy atom. The number of H-pyrrole nitrogens is 1. The van der Waals surface area contributed by atoms with E-state index in [-0.39, 0.29) is 5.54 Å². The van der Waals surface area contributed by atoms with E-state index in [0.717, 1.165) is 46.7 Å². The third kappa shape index (κ3) is 2.08. The van der Waals surface area contributed by atoms with Gasteiger partial charge >= 0.3 is 0 Å². The van der Waals surface area contributed by atoms with Crippen molar-refractivity contribution < 1.29 is 0 Å². The number of nitrogens with one attached hydrogen (secondary N) is 1. The lowest BCUT2D eigenvalue weighted by molar-refractivity contribution is 0.130. The largest absolute Gasteiger partial charge is 0.346 e. The fourth-order valence-electron chi connectivity index (χ4n) is 3.44. The van der Waals surface area contributed by atoms with Gasteiger partial charge in [-0.3, -0.25) is 4.68 Å². The molecule has 2 aromatic heterocycles. The predicted octanol–water partition coefficient (Wildman–Crippen LogP) is 1.90. The van der Waals surface area contributed by atoms with Crippen LogP contribution in [0.3, 0.4) is 0 Å². The Morgan fingerprint density at radius 2 is 2.35 bits per heavy atom. The van der Waals surface area contributed by atoms with E-state index < -0.39 is 0 Å². The van der Waals surface area contributed by atoms with Gasteiger partial charge in [0, 0.05) is 34.3 Å². The highest BCUT2D eigenvalue weighted by Crippen LogP contribution is 2.41. The fourth-order valence-corrected chi connectivity index (χ4v) is 3.44. The zero-order valence-electron chi connectivity index (χ0n) is 13.0. The molecule has 4 rings (SSSR count). The maximum atomic E-state index is 9.13. The van der Waals surface area contributed by atoms with Gasteiger partial charge in [0.2, 0.25) is 0 Å². The molecule has 1 aliphatic heterocycles. The minimum Gasteiger partial charge on any atom is -0.346 e. The van der Waals surface area contributed by atoms with Gasteiger partial charge in [-0.05, 0) is 32.3 Å². The molecule has 0 saturated heterocycles. The van der Waals surface area contributed by atoms with Crippen LogP contribution >= 0.6 is 0 Å². The van der Waals surface area contributed by atoms with Gasteiger partial charge in [-0.1, -0.05) is 5.73 Å². The number of nitriles is 1. The van der Waals surface area contributed by atoms with E-state index in [1.54, 1.807) is 6.20 Å². The maximum absolute atomic E-state index is 9.13. The van der Waals surface area contributed by atoms with Gasteiger partial charge in [0.1, 0.15) is 5.49 Å². The molecule has 0 atom stereocenters. The summed E-state index contributed by atoms with van der Waals surface area (Å²) < 4.78 is 1.99. The maximum Gasteiger partial charge on any atom is 0.138 e. The average Bonchev–Trinajstić information content (AvgIpc) is 3.12. The minimum absolute atomic E-state index is 0.114. The number of aromatic nitrogens is 3. The highest BCUT2D eigenvalue weighted by atomic mass is 15.3. The number of fused-ring (bicyclic) bond motifs is 1. The normalized spacial score (nSPS) is 18.3. The summed E-state index contributed by atoms with van der Waals surface area (Å²) >= 11 is 0. The molecule has 1 fully saturated rings. The lowest BCUT2D eigenvalue weighted by atomic mass is 9.75. The first kappa shape index (κ1) is 13.8. The topological polar surface area (TPSA) is 69.8 Å². The lowest BCUT2D eigenvalue weighted by Crippen LogP contribution is -2.40. The van der Waals surface area contributed by atoms with Crippen molar-refractivity contribution in [1.29, 1.82) is 5.26 Å². The van der Waals surface area contributed by atoms with Gasteiger partial charge in [-0.15, -0.1) is 0 Å².